The molecule has 25 heavy (non-hydrogen) atoms. The minimum absolute atomic E-state index is 0.0832. The predicted octanol–water partition coefficient (Wildman–Crippen LogP) is 4.30. The fourth-order valence-electron chi connectivity index (χ4n) is 2.44. The molecule has 0 unspecified atom stereocenters. The highest BCUT2D eigenvalue weighted by atomic mass is 16.6. The molecule has 1 N–H and O–H groups in total. The first kappa shape index (κ1) is 18.4. The average Bonchev–Trinajstić information content (AvgIpc) is 2.60. The molecule has 0 bridgehead atoms. The Morgan fingerprint density at radius 3 is 2.44 bits per heavy atom. The molecule has 0 saturated heterocycles. The summed E-state index contributed by atoms with van der Waals surface area (Å²) >= 11 is 0. The lowest BCUT2D eigenvalue weighted by atomic mass is 10.0. The van der Waals surface area contributed by atoms with Gasteiger partial charge in [0, 0.05) is 12.5 Å². The van der Waals surface area contributed by atoms with Crippen LogP contribution in [0.25, 0.3) is 0 Å². The zero-order valence-corrected chi connectivity index (χ0v) is 14.6. The number of carbonyl (C=O) groups is 1. The molecule has 0 atom stereocenters. The van der Waals surface area contributed by atoms with Gasteiger partial charge in [-0.2, -0.15) is 0 Å². The van der Waals surface area contributed by atoms with Crippen LogP contribution in [0.5, 0.6) is 5.75 Å². The van der Waals surface area contributed by atoms with Crippen LogP contribution >= 0.6 is 0 Å². The lowest BCUT2D eigenvalue weighted by Crippen LogP contribution is -2.13. The first-order valence-electron chi connectivity index (χ1n) is 8.12. The molecule has 0 aliphatic heterocycles. The Hall–Kier alpha value is -2.89. The first-order valence-corrected chi connectivity index (χ1v) is 8.12. The molecule has 2 aromatic carbocycles. The van der Waals surface area contributed by atoms with Gasteiger partial charge < -0.3 is 10.1 Å². The topological polar surface area (TPSA) is 81.5 Å². The average molecular weight is 342 g/mol. The monoisotopic (exact) mass is 342 g/mol. The molecule has 0 radical (unpaired) electrons. The van der Waals surface area contributed by atoms with Crippen molar-refractivity contribution in [3.05, 3.63) is 63.7 Å². The number of nitrogens with zero attached hydrogens (tertiary/aromatic N) is 1. The number of carbonyl (C=O) groups excluding carboxylic acids is 1. The van der Waals surface area contributed by atoms with Crippen LogP contribution in [-0.4, -0.2) is 17.9 Å². The molecule has 0 saturated carbocycles. The van der Waals surface area contributed by atoms with E-state index < -0.39 is 4.92 Å². The molecule has 0 spiro atoms. The summed E-state index contributed by atoms with van der Waals surface area (Å²) in [4.78, 5) is 22.4. The molecule has 0 aromatic heterocycles. The molecule has 6 nitrogen and oxygen atoms in total. The number of rotatable bonds is 7. The number of methoxy groups -OCH3 is 1. The maximum absolute atomic E-state index is 12.1. The minimum Gasteiger partial charge on any atom is -0.494 e. The molecule has 2 aromatic rings. The van der Waals surface area contributed by atoms with Crippen LogP contribution in [0.3, 0.4) is 0 Å². The molecular weight excluding hydrogens is 320 g/mol. The first-order chi connectivity index (χ1) is 11.9. The number of nitro benzene ring substituents is 1. The van der Waals surface area contributed by atoms with Crippen LogP contribution in [0.4, 0.5) is 11.4 Å². The summed E-state index contributed by atoms with van der Waals surface area (Å²) in [6.45, 7) is 4.28. The Bertz CT molecular complexity index is 755. The van der Waals surface area contributed by atoms with Gasteiger partial charge in [0.2, 0.25) is 5.91 Å². The summed E-state index contributed by atoms with van der Waals surface area (Å²) in [7, 11) is 1.41. The fraction of sp³-hybridized carbons (Fsp3) is 0.316. The van der Waals surface area contributed by atoms with Crippen molar-refractivity contribution in [3.8, 4) is 5.75 Å². The second kappa shape index (κ2) is 8.28. The van der Waals surface area contributed by atoms with E-state index in [0.717, 1.165) is 5.56 Å². The van der Waals surface area contributed by atoms with Crippen molar-refractivity contribution in [3.63, 3.8) is 0 Å². The zero-order chi connectivity index (χ0) is 18.4. The number of anilines is 1. The summed E-state index contributed by atoms with van der Waals surface area (Å²) in [5, 5.41) is 13.5. The zero-order valence-electron chi connectivity index (χ0n) is 14.6. The molecule has 0 aliphatic carbocycles. The van der Waals surface area contributed by atoms with Gasteiger partial charge in [-0.25, -0.2) is 0 Å². The van der Waals surface area contributed by atoms with Crippen LogP contribution in [0.1, 0.15) is 37.3 Å². The second-order valence-corrected chi connectivity index (χ2v) is 6.09. The van der Waals surface area contributed by atoms with Gasteiger partial charge in [0.1, 0.15) is 5.75 Å². The molecule has 1 amide bonds. The van der Waals surface area contributed by atoms with Gasteiger partial charge in [0.25, 0.3) is 5.69 Å². The minimum atomic E-state index is -0.505. The summed E-state index contributed by atoms with van der Waals surface area (Å²) in [5.41, 5.74) is 2.70. The van der Waals surface area contributed by atoms with E-state index in [-0.39, 0.29) is 17.3 Å². The SMILES string of the molecule is COc1cc([N+](=O)[O-])ccc1NC(=O)CCc1ccc(C(C)C)cc1. The van der Waals surface area contributed by atoms with Crippen LogP contribution in [-0.2, 0) is 11.2 Å². The van der Waals surface area contributed by atoms with Crippen molar-refractivity contribution in [2.45, 2.75) is 32.6 Å². The van der Waals surface area contributed by atoms with Crippen molar-refractivity contribution in [1.82, 2.24) is 0 Å². The number of nitro groups is 1. The Labute approximate surface area is 147 Å². The van der Waals surface area contributed by atoms with E-state index in [0.29, 0.717) is 24.4 Å². The van der Waals surface area contributed by atoms with E-state index in [1.165, 1.54) is 30.9 Å². The third-order valence-corrected chi connectivity index (χ3v) is 3.96. The number of hydrogen-bond acceptors (Lipinski definition) is 4. The van der Waals surface area contributed by atoms with E-state index in [9.17, 15) is 14.9 Å². The summed E-state index contributed by atoms with van der Waals surface area (Å²) in [6.07, 6.45) is 0.945. The van der Waals surface area contributed by atoms with Gasteiger partial charge in [0.05, 0.1) is 23.8 Å². The Kier molecular flexibility index (Phi) is 6.11. The second-order valence-electron chi connectivity index (χ2n) is 6.09. The summed E-state index contributed by atoms with van der Waals surface area (Å²) in [6, 6.07) is 12.3. The number of ether oxygens (including phenoxy) is 1. The molecule has 6 heteroatoms. The number of amides is 1. The molecule has 0 heterocycles. The van der Waals surface area contributed by atoms with Gasteiger partial charge in [-0.1, -0.05) is 38.1 Å². The smallest absolute Gasteiger partial charge is 0.273 e. The van der Waals surface area contributed by atoms with E-state index >= 15 is 0 Å². The number of benzene rings is 2. The highest BCUT2D eigenvalue weighted by Crippen LogP contribution is 2.29. The van der Waals surface area contributed by atoms with Crippen LogP contribution in [0.2, 0.25) is 0 Å². The molecule has 132 valence electrons. The van der Waals surface area contributed by atoms with Gasteiger partial charge in [-0.15, -0.1) is 0 Å². The largest absolute Gasteiger partial charge is 0.494 e. The fourth-order valence-corrected chi connectivity index (χ4v) is 2.44. The van der Waals surface area contributed by atoms with Gasteiger partial charge in [-0.3, -0.25) is 14.9 Å². The predicted molar refractivity (Wildman–Crippen MR) is 97.1 cm³/mol. The van der Waals surface area contributed by atoms with Crippen molar-refractivity contribution in [1.29, 1.82) is 0 Å². The summed E-state index contributed by atoms with van der Waals surface area (Å²) in [5.74, 6) is 0.580. The maximum Gasteiger partial charge on any atom is 0.273 e. The lowest BCUT2D eigenvalue weighted by molar-refractivity contribution is -0.384. The number of aryl methyl sites for hydroxylation is 1. The molecular formula is C19H22N2O4. The Morgan fingerprint density at radius 2 is 1.88 bits per heavy atom. The standard InChI is InChI=1S/C19H22N2O4/c1-13(2)15-7-4-14(5-8-15)6-11-19(22)20-17-10-9-16(21(23)24)12-18(17)25-3/h4-5,7-10,12-13H,6,11H2,1-3H3,(H,20,22). The van der Waals surface area contributed by atoms with Crippen LogP contribution in [0.15, 0.2) is 42.5 Å². The van der Waals surface area contributed by atoms with Gasteiger partial charge in [-0.05, 0) is 29.5 Å². The molecule has 0 fully saturated rings. The van der Waals surface area contributed by atoms with Gasteiger partial charge >= 0.3 is 0 Å². The van der Waals surface area contributed by atoms with E-state index in [1.807, 2.05) is 12.1 Å². The number of nitrogens with one attached hydrogen (secondary N) is 1. The normalized spacial score (nSPS) is 10.6. The highest BCUT2D eigenvalue weighted by Gasteiger charge is 2.13. The quantitative estimate of drug-likeness (QED) is 0.601. The summed E-state index contributed by atoms with van der Waals surface area (Å²) < 4.78 is 5.12. The molecule has 2 rings (SSSR count). The van der Waals surface area contributed by atoms with Crippen molar-refractivity contribution in [2.75, 3.05) is 12.4 Å². The van der Waals surface area contributed by atoms with E-state index in [1.54, 1.807) is 0 Å². The van der Waals surface area contributed by atoms with Crippen molar-refractivity contribution in [2.24, 2.45) is 0 Å². The maximum atomic E-state index is 12.1. The lowest BCUT2D eigenvalue weighted by Gasteiger charge is -2.10. The van der Waals surface area contributed by atoms with Crippen LogP contribution < -0.4 is 10.1 Å². The van der Waals surface area contributed by atoms with Crippen molar-refractivity contribution >= 4 is 17.3 Å². The number of hydrogen-bond donors (Lipinski definition) is 1. The third-order valence-electron chi connectivity index (χ3n) is 3.96. The van der Waals surface area contributed by atoms with Crippen molar-refractivity contribution < 1.29 is 14.5 Å². The highest BCUT2D eigenvalue weighted by molar-refractivity contribution is 5.92. The van der Waals surface area contributed by atoms with Crippen LogP contribution in [0, 0.1) is 10.1 Å². The third kappa shape index (κ3) is 5.04. The van der Waals surface area contributed by atoms with E-state index in [4.69, 9.17) is 4.74 Å². The van der Waals surface area contributed by atoms with E-state index in [2.05, 4.69) is 31.3 Å². The number of non-ortho nitro benzene ring substituents is 1. The molecule has 0 aliphatic rings. The Balaban J connectivity index is 1.97. The Morgan fingerprint density at radius 1 is 1.20 bits per heavy atom. The van der Waals surface area contributed by atoms with Gasteiger partial charge in [0.15, 0.2) is 0 Å².